The average molecular weight is 308 g/mol. The monoisotopic (exact) mass is 308 g/mol. The summed E-state index contributed by atoms with van der Waals surface area (Å²) in [6, 6.07) is 11.0. The fourth-order valence-electron chi connectivity index (χ4n) is 1.66. The molecular weight excluding hydrogens is 295 g/mol. The third-order valence-corrected chi connectivity index (χ3v) is 3.88. The van der Waals surface area contributed by atoms with Gasteiger partial charge in [-0.15, -0.1) is 0 Å². The second-order valence-electron chi connectivity index (χ2n) is 4.47. The van der Waals surface area contributed by atoms with Gasteiger partial charge in [-0.25, -0.2) is 12.8 Å². The lowest BCUT2D eigenvalue weighted by Crippen LogP contribution is -2.11. The van der Waals surface area contributed by atoms with E-state index < -0.39 is 15.7 Å². The van der Waals surface area contributed by atoms with Crippen LogP contribution in [0.15, 0.2) is 53.4 Å². The molecule has 2 rings (SSSR count). The molecule has 0 aromatic heterocycles. The number of halogens is 1. The van der Waals surface area contributed by atoms with E-state index in [9.17, 15) is 17.6 Å². The maximum Gasteiger partial charge on any atom is 0.200 e. The molecule has 0 heterocycles. The molecule has 2 aromatic carbocycles. The highest BCUT2D eigenvalue weighted by molar-refractivity contribution is 7.90. The first-order valence-corrected chi connectivity index (χ1v) is 7.97. The van der Waals surface area contributed by atoms with Crippen molar-refractivity contribution in [1.82, 2.24) is 0 Å². The molecule has 6 heteroatoms. The van der Waals surface area contributed by atoms with Crippen LogP contribution in [0, 0.1) is 5.82 Å². The number of ether oxygens (including phenoxy) is 1. The molecule has 0 saturated carbocycles. The average Bonchev–Trinajstić information content (AvgIpc) is 2.45. The number of Topliss-reactive ketones (excluding diaryl/α,β-unsaturated/α-hetero) is 1. The van der Waals surface area contributed by atoms with E-state index in [1.807, 2.05) is 0 Å². The van der Waals surface area contributed by atoms with Crippen molar-refractivity contribution in [2.24, 2.45) is 0 Å². The van der Waals surface area contributed by atoms with Crippen molar-refractivity contribution in [3.63, 3.8) is 0 Å². The quantitative estimate of drug-likeness (QED) is 0.796. The van der Waals surface area contributed by atoms with Crippen molar-refractivity contribution in [2.75, 3.05) is 12.9 Å². The summed E-state index contributed by atoms with van der Waals surface area (Å²) in [7, 11) is -3.33. The first-order chi connectivity index (χ1) is 9.86. The summed E-state index contributed by atoms with van der Waals surface area (Å²) in [6.07, 6.45) is 1.09. The zero-order chi connectivity index (χ0) is 15.5. The number of sulfone groups is 1. The SMILES string of the molecule is CS(=O)(=O)c1cccc(OCC(=O)c2ccc(F)cc2)c1. The molecule has 0 N–H and O–H groups in total. The summed E-state index contributed by atoms with van der Waals surface area (Å²) < 4.78 is 40.9. The predicted octanol–water partition coefficient (Wildman–Crippen LogP) is 2.49. The van der Waals surface area contributed by atoms with Gasteiger partial charge in [0, 0.05) is 11.8 Å². The molecule has 2 aromatic rings. The van der Waals surface area contributed by atoms with Gasteiger partial charge in [-0.2, -0.15) is 0 Å². The summed E-state index contributed by atoms with van der Waals surface area (Å²) in [4.78, 5) is 12.0. The Morgan fingerprint density at radius 1 is 1.14 bits per heavy atom. The summed E-state index contributed by atoms with van der Waals surface area (Å²) in [6.45, 7) is -0.251. The van der Waals surface area contributed by atoms with E-state index in [0.29, 0.717) is 5.56 Å². The van der Waals surface area contributed by atoms with Crippen LogP contribution in [0.2, 0.25) is 0 Å². The molecular formula is C15H13FO4S. The van der Waals surface area contributed by atoms with Gasteiger partial charge in [-0.1, -0.05) is 6.07 Å². The lowest BCUT2D eigenvalue weighted by Gasteiger charge is -2.07. The predicted molar refractivity (Wildman–Crippen MR) is 75.8 cm³/mol. The van der Waals surface area contributed by atoms with Crippen molar-refractivity contribution in [3.8, 4) is 5.75 Å². The number of carbonyl (C=O) groups is 1. The number of hydrogen-bond donors (Lipinski definition) is 0. The molecule has 0 bridgehead atoms. The van der Waals surface area contributed by atoms with Crippen molar-refractivity contribution < 1.29 is 22.3 Å². The molecule has 0 saturated heterocycles. The number of benzene rings is 2. The Morgan fingerprint density at radius 2 is 1.81 bits per heavy atom. The molecule has 0 aliphatic carbocycles. The molecule has 110 valence electrons. The summed E-state index contributed by atoms with van der Waals surface area (Å²) in [5, 5.41) is 0. The lowest BCUT2D eigenvalue weighted by molar-refractivity contribution is 0.0921. The standard InChI is InChI=1S/C15H13FO4S/c1-21(18,19)14-4-2-3-13(9-14)20-10-15(17)11-5-7-12(16)8-6-11/h2-9H,10H2,1H3. The highest BCUT2D eigenvalue weighted by atomic mass is 32.2. The Balaban J connectivity index is 2.06. The first-order valence-electron chi connectivity index (χ1n) is 6.08. The van der Waals surface area contributed by atoms with E-state index in [0.717, 1.165) is 6.26 Å². The third-order valence-electron chi connectivity index (χ3n) is 2.77. The highest BCUT2D eigenvalue weighted by Gasteiger charge is 2.10. The Hall–Kier alpha value is -2.21. The molecule has 0 atom stereocenters. The highest BCUT2D eigenvalue weighted by Crippen LogP contribution is 2.17. The minimum atomic E-state index is -3.33. The van der Waals surface area contributed by atoms with E-state index in [1.165, 1.54) is 42.5 Å². The van der Waals surface area contributed by atoms with Gasteiger partial charge in [0.2, 0.25) is 0 Å². The molecule has 0 aliphatic heterocycles. The zero-order valence-corrected chi connectivity index (χ0v) is 12.1. The Labute approximate surface area is 122 Å². The van der Waals surface area contributed by atoms with Crippen LogP contribution in [-0.2, 0) is 9.84 Å². The third kappa shape index (κ3) is 4.13. The van der Waals surface area contributed by atoms with Crippen LogP contribution < -0.4 is 4.74 Å². The smallest absolute Gasteiger partial charge is 0.200 e. The summed E-state index contributed by atoms with van der Waals surface area (Å²) in [5.74, 6) is -0.457. The molecule has 0 spiro atoms. The second kappa shape index (κ2) is 6.05. The van der Waals surface area contributed by atoms with Crippen molar-refractivity contribution >= 4 is 15.6 Å². The van der Waals surface area contributed by atoms with E-state index in [1.54, 1.807) is 6.07 Å². The Bertz CT molecular complexity index is 751. The molecule has 0 amide bonds. The lowest BCUT2D eigenvalue weighted by atomic mass is 10.1. The van der Waals surface area contributed by atoms with Gasteiger partial charge in [0.15, 0.2) is 22.2 Å². The van der Waals surface area contributed by atoms with Crippen LogP contribution >= 0.6 is 0 Å². The Kier molecular flexibility index (Phi) is 4.37. The van der Waals surface area contributed by atoms with E-state index in [4.69, 9.17) is 4.74 Å². The topological polar surface area (TPSA) is 60.4 Å². The molecule has 0 aliphatic rings. The summed E-state index contributed by atoms with van der Waals surface area (Å²) >= 11 is 0. The maximum atomic E-state index is 12.8. The number of carbonyl (C=O) groups excluding carboxylic acids is 1. The molecule has 21 heavy (non-hydrogen) atoms. The van der Waals surface area contributed by atoms with E-state index >= 15 is 0 Å². The van der Waals surface area contributed by atoms with Crippen LogP contribution in [0.5, 0.6) is 5.75 Å². The van der Waals surface area contributed by atoms with Crippen LogP contribution in [-0.4, -0.2) is 27.1 Å². The zero-order valence-electron chi connectivity index (χ0n) is 11.2. The largest absolute Gasteiger partial charge is 0.485 e. The van der Waals surface area contributed by atoms with Crippen LogP contribution in [0.1, 0.15) is 10.4 Å². The fourth-order valence-corrected chi connectivity index (χ4v) is 2.32. The molecule has 0 fully saturated rings. The minimum Gasteiger partial charge on any atom is -0.485 e. The fraction of sp³-hybridized carbons (Fsp3) is 0.133. The van der Waals surface area contributed by atoms with Gasteiger partial charge in [0.05, 0.1) is 4.90 Å². The Morgan fingerprint density at radius 3 is 2.43 bits per heavy atom. The van der Waals surface area contributed by atoms with Gasteiger partial charge in [-0.05, 0) is 42.5 Å². The van der Waals surface area contributed by atoms with Crippen LogP contribution in [0.4, 0.5) is 4.39 Å². The van der Waals surface area contributed by atoms with Crippen molar-refractivity contribution in [1.29, 1.82) is 0 Å². The van der Waals surface area contributed by atoms with E-state index in [2.05, 4.69) is 0 Å². The number of ketones is 1. The van der Waals surface area contributed by atoms with Crippen molar-refractivity contribution in [3.05, 3.63) is 59.9 Å². The first kappa shape index (κ1) is 15.2. The van der Waals surface area contributed by atoms with Gasteiger partial charge in [0.1, 0.15) is 11.6 Å². The van der Waals surface area contributed by atoms with E-state index in [-0.39, 0.29) is 23.0 Å². The van der Waals surface area contributed by atoms with Gasteiger partial charge < -0.3 is 4.74 Å². The normalized spacial score (nSPS) is 11.1. The van der Waals surface area contributed by atoms with Crippen molar-refractivity contribution in [2.45, 2.75) is 4.90 Å². The summed E-state index contributed by atoms with van der Waals surface area (Å²) in [5.41, 5.74) is 0.329. The number of rotatable bonds is 5. The van der Waals surface area contributed by atoms with Crippen LogP contribution in [0.3, 0.4) is 0 Å². The van der Waals surface area contributed by atoms with Crippen LogP contribution in [0.25, 0.3) is 0 Å². The van der Waals surface area contributed by atoms with Gasteiger partial charge >= 0.3 is 0 Å². The minimum absolute atomic E-state index is 0.120. The molecule has 0 radical (unpaired) electrons. The molecule has 4 nitrogen and oxygen atoms in total. The maximum absolute atomic E-state index is 12.8. The van der Waals surface area contributed by atoms with Gasteiger partial charge in [-0.3, -0.25) is 4.79 Å². The van der Waals surface area contributed by atoms with Gasteiger partial charge in [0.25, 0.3) is 0 Å². The molecule has 0 unspecified atom stereocenters. The second-order valence-corrected chi connectivity index (χ2v) is 6.48. The number of hydrogen-bond acceptors (Lipinski definition) is 4.